The molecule has 0 aromatic carbocycles. The first-order chi connectivity index (χ1) is 9.02. The van der Waals surface area contributed by atoms with Crippen LogP contribution in [0.2, 0.25) is 0 Å². The zero-order valence-electron chi connectivity index (χ0n) is 12.3. The molecule has 1 aliphatic heterocycles. The summed E-state index contributed by atoms with van der Waals surface area (Å²) in [5.74, 6) is 0.821. The van der Waals surface area contributed by atoms with Gasteiger partial charge >= 0.3 is 0 Å². The zero-order valence-corrected chi connectivity index (χ0v) is 12.3. The number of pyridine rings is 1. The van der Waals surface area contributed by atoms with Gasteiger partial charge in [0.1, 0.15) is 6.10 Å². The quantitative estimate of drug-likeness (QED) is 0.813. The van der Waals surface area contributed by atoms with E-state index in [1.165, 1.54) is 36.9 Å². The predicted octanol–water partition coefficient (Wildman–Crippen LogP) is 3.52. The molecular weight excluding hydrogens is 236 g/mol. The van der Waals surface area contributed by atoms with Crippen LogP contribution in [0.1, 0.15) is 57.7 Å². The number of ether oxygens (including phenoxy) is 1. The van der Waals surface area contributed by atoms with Crippen LogP contribution < -0.4 is 4.74 Å². The first kappa shape index (κ1) is 12.9. The average Bonchev–Trinajstić information content (AvgIpc) is 2.95. The Morgan fingerprint density at radius 1 is 1.16 bits per heavy atom. The predicted molar refractivity (Wildman–Crippen MR) is 76.1 cm³/mol. The van der Waals surface area contributed by atoms with Crippen molar-refractivity contribution in [3.63, 3.8) is 0 Å². The Bertz CT molecular complexity index is 458. The Hall–Kier alpha value is -1.09. The molecule has 0 atom stereocenters. The van der Waals surface area contributed by atoms with Crippen LogP contribution in [0.5, 0.6) is 5.88 Å². The molecule has 1 aromatic rings. The minimum atomic E-state index is 0.202. The molecule has 0 radical (unpaired) electrons. The van der Waals surface area contributed by atoms with Gasteiger partial charge in [0.2, 0.25) is 5.88 Å². The largest absolute Gasteiger partial charge is 0.474 e. The van der Waals surface area contributed by atoms with Crippen molar-refractivity contribution in [3.05, 3.63) is 23.4 Å². The highest BCUT2D eigenvalue weighted by Crippen LogP contribution is 2.30. The van der Waals surface area contributed by atoms with Gasteiger partial charge in [0.05, 0.1) is 5.69 Å². The van der Waals surface area contributed by atoms with Crippen LogP contribution in [0, 0.1) is 0 Å². The number of rotatable bonds is 2. The molecule has 1 aromatic heterocycles. The van der Waals surface area contributed by atoms with Crippen molar-refractivity contribution in [2.75, 3.05) is 0 Å². The summed E-state index contributed by atoms with van der Waals surface area (Å²) in [5, 5.41) is 0. The lowest BCUT2D eigenvalue weighted by Gasteiger charge is -2.30. The maximum Gasteiger partial charge on any atom is 0.213 e. The van der Waals surface area contributed by atoms with Gasteiger partial charge < -0.3 is 4.74 Å². The molecule has 3 nitrogen and oxygen atoms in total. The Morgan fingerprint density at radius 3 is 2.58 bits per heavy atom. The maximum absolute atomic E-state index is 5.99. The maximum atomic E-state index is 5.99. The van der Waals surface area contributed by atoms with Crippen LogP contribution in [0.15, 0.2) is 12.1 Å². The van der Waals surface area contributed by atoms with Crippen molar-refractivity contribution in [1.82, 2.24) is 9.88 Å². The summed E-state index contributed by atoms with van der Waals surface area (Å²) in [6, 6.07) is 4.24. The normalized spacial score (nSPS) is 20.8. The van der Waals surface area contributed by atoms with E-state index in [1.54, 1.807) is 0 Å². The van der Waals surface area contributed by atoms with Crippen LogP contribution in [-0.2, 0) is 13.1 Å². The average molecular weight is 260 g/mol. The Balaban J connectivity index is 1.72. The zero-order chi connectivity index (χ0) is 13.5. The van der Waals surface area contributed by atoms with E-state index in [9.17, 15) is 0 Å². The van der Waals surface area contributed by atoms with Gasteiger partial charge in [-0.15, -0.1) is 0 Å². The van der Waals surface area contributed by atoms with E-state index in [2.05, 4.69) is 31.7 Å². The molecule has 2 heterocycles. The molecule has 3 rings (SSSR count). The number of fused-ring (bicyclic) bond motifs is 1. The molecule has 0 amide bonds. The molecule has 0 N–H and O–H groups in total. The molecule has 104 valence electrons. The molecule has 2 aliphatic rings. The molecule has 1 fully saturated rings. The highest BCUT2D eigenvalue weighted by Gasteiger charge is 2.29. The molecule has 19 heavy (non-hydrogen) atoms. The minimum absolute atomic E-state index is 0.202. The van der Waals surface area contributed by atoms with Crippen LogP contribution in [0.4, 0.5) is 0 Å². The van der Waals surface area contributed by atoms with Crippen LogP contribution >= 0.6 is 0 Å². The standard InChI is InChI=1S/C16H24N2O/c1-16(2,3)18-10-12-8-9-15(17-14(12)11-18)19-13-6-4-5-7-13/h8-9,13H,4-7,10-11H2,1-3H3. The summed E-state index contributed by atoms with van der Waals surface area (Å²) in [4.78, 5) is 7.18. The fraction of sp³-hybridized carbons (Fsp3) is 0.688. The van der Waals surface area contributed by atoms with Crippen molar-refractivity contribution in [3.8, 4) is 5.88 Å². The first-order valence-corrected chi connectivity index (χ1v) is 7.43. The second-order valence-electron chi connectivity index (χ2n) is 6.81. The van der Waals surface area contributed by atoms with Crippen molar-refractivity contribution in [1.29, 1.82) is 0 Å². The SMILES string of the molecule is CC(C)(C)N1Cc2ccc(OC3CCCC3)nc2C1. The first-order valence-electron chi connectivity index (χ1n) is 7.43. The van der Waals surface area contributed by atoms with E-state index in [0.29, 0.717) is 6.10 Å². The molecule has 0 bridgehead atoms. The Morgan fingerprint density at radius 2 is 1.89 bits per heavy atom. The molecule has 1 aliphatic carbocycles. The van der Waals surface area contributed by atoms with Gasteiger partial charge in [-0.25, -0.2) is 4.98 Å². The lowest BCUT2D eigenvalue weighted by atomic mass is 10.1. The van der Waals surface area contributed by atoms with Gasteiger partial charge in [0.15, 0.2) is 0 Å². The van der Waals surface area contributed by atoms with Crippen molar-refractivity contribution >= 4 is 0 Å². The van der Waals surface area contributed by atoms with Crippen molar-refractivity contribution in [2.24, 2.45) is 0 Å². The Labute approximate surface area is 116 Å². The van der Waals surface area contributed by atoms with E-state index >= 15 is 0 Å². The third-order valence-corrected chi connectivity index (χ3v) is 4.28. The van der Waals surface area contributed by atoms with Crippen LogP contribution in [0.25, 0.3) is 0 Å². The lowest BCUT2D eigenvalue weighted by Crippen LogP contribution is -2.36. The van der Waals surface area contributed by atoms with E-state index in [1.807, 2.05) is 6.07 Å². The van der Waals surface area contributed by atoms with E-state index in [0.717, 1.165) is 19.0 Å². The third-order valence-electron chi connectivity index (χ3n) is 4.28. The molecule has 0 saturated heterocycles. The number of aromatic nitrogens is 1. The summed E-state index contributed by atoms with van der Waals surface area (Å²) in [5.41, 5.74) is 2.76. The second-order valence-corrected chi connectivity index (χ2v) is 6.81. The summed E-state index contributed by atoms with van der Waals surface area (Å²) < 4.78 is 5.99. The van der Waals surface area contributed by atoms with Crippen LogP contribution in [-0.4, -0.2) is 21.5 Å². The highest BCUT2D eigenvalue weighted by atomic mass is 16.5. The van der Waals surface area contributed by atoms with E-state index < -0.39 is 0 Å². The third kappa shape index (κ3) is 2.76. The number of hydrogen-bond donors (Lipinski definition) is 0. The van der Waals surface area contributed by atoms with Crippen molar-refractivity contribution < 1.29 is 4.74 Å². The fourth-order valence-electron chi connectivity index (χ4n) is 2.95. The molecule has 0 spiro atoms. The Kier molecular flexibility index (Phi) is 3.25. The lowest BCUT2D eigenvalue weighted by molar-refractivity contribution is 0.135. The van der Waals surface area contributed by atoms with Crippen molar-refractivity contribution in [2.45, 2.75) is 71.2 Å². The van der Waals surface area contributed by atoms with Crippen LogP contribution in [0.3, 0.4) is 0 Å². The monoisotopic (exact) mass is 260 g/mol. The molecule has 0 unspecified atom stereocenters. The van der Waals surface area contributed by atoms with Gasteiger partial charge in [0.25, 0.3) is 0 Å². The van der Waals surface area contributed by atoms with Gasteiger partial charge in [-0.2, -0.15) is 0 Å². The smallest absolute Gasteiger partial charge is 0.213 e. The molecule has 1 saturated carbocycles. The van der Waals surface area contributed by atoms with E-state index in [4.69, 9.17) is 9.72 Å². The fourth-order valence-corrected chi connectivity index (χ4v) is 2.95. The summed E-state index contributed by atoms with van der Waals surface area (Å²) >= 11 is 0. The number of hydrogen-bond acceptors (Lipinski definition) is 3. The summed E-state index contributed by atoms with van der Waals surface area (Å²) in [6.45, 7) is 8.73. The topological polar surface area (TPSA) is 25.4 Å². The highest BCUT2D eigenvalue weighted by molar-refractivity contribution is 5.29. The molecule has 3 heteroatoms. The second kappa shape index (κ2) is 4.78. The van der Waals surface area contributed by atoms with Gasteiger partial charge in [-0.1, -0.05) is 6.07 Å². The van der Waals surface area contributed by atoms with Gasteiger partial charge in [0, 0.05) is 24.7 Å². The summed E-state index contributed by atoms with van der Waals surface area (Å²) in [6.07, 6.45) is 5.37. The van der Waals surface area contributed by atoms with Gasteiger partial charge in [-0.05, 0) is 52.0 Å². The van der Waals surface area contributed by atoms with E-state index in [-0.39, 0.29) is 5.54 Å². The molecular formula is C16H24N2O. The summed E-state index contributed by atoms with van der Waals surface area (Å²) in [7, 11) is 0. The van der Waals surface area contributed by atoms with Gasteiger partial charge in [-0.3, -0.25) is 4.90 Å². The number of nitrogens with zero attached hydrogens (tertiary/aromatic N) is 2. The minimum Gasteiger partial charge on any atom is -0.474 e.